The molecule has 0 saturated heterocycles. The van der Waals surface area contributed by atoms with Crippen molar-refractivity contribution in [1.29, 1.82) is 0 Å². The fraction of sp³-hybridized carbons (Fsp3) is 0.133. The fourth-order valence-electron chi connectivity index (χ4n) is 1.83. The zero-order valence-electron chi connectivity index (χ0n) is 10.9. The molecule has 2 aromatic rings. The second kappa shape index (κ2) is 5.92. The first kappa shape index (κ1) is 14.3. The highest BCUT2D eigenvalue weighted by atomic mass is 35.5. The molecule has 20 heavy (non-hydrogen) atoms. The molecule has 0 aliphatic heterocycles. The zero-order valence-corrected chi connectivity index (χ0v) is 11.7. The van der Waals surface area contributed by atoms with Crippen LogP contribution in [0.3, 0.4) is 0 Å². The van der Waals surface area contributed by atoms with Crippen molar-refractivity contribution in [3.63, 3.8) is 0 Å². The summed E-state index contributed by atoms with van der Waals surface area (Å²) in [5, 5.41) is 0.419. The molecule has 0 aromatic heterocycles. The molecular weight excluding hydrogens is 279 g/mol. The second-order valence-electron chi connectivity index (χ2n) is 4.52. The summed E-state index contributed by atoms with van der Waals surface area (Å²) < 4.78 is 12.8. The summed E-state index contributed by atoms with van der Waals surface area (Å²) >= 11 is 5.82. The number of nitrogens with zero attached hydrogens (tertiary/aromatic N) is 1. The number of nitrogen functional groups attached to an aromatic ring is 1. The lowest BCUT2D eigenvalue weighted by Crippen LogP contribution is -2.26. The maximum Gasteiger partial charge on any atom is 0.253 e. The van der Waals surface area contributed by atoms with Gasteiger partial charge in [0, 0.05) is 19.2 Å². The first-order chi connectivity index (χ1) is 9.47. The minimum atomic E-state index is -0.298. The Morgan fingerprint density at radius 3 is 2.50 bits per heavy atom. The van der Waals surface area contributed by atoms with E-state index in [4.69, 9.17) is 17.3 Å². The number of amides is 1. The maximum atomic E-state index is 12.8. The Labute approximate surface area is 121 Å². The Hall–Kier alpha value is -2.07. The summed E-state index contributed by atoms with van der Waals surface area (Å²) in [6, 6.07) is 10.8. The number of carbonyl (C=O) groups excluding carboxylic acids is 1. The molecule has 2 aromatic carbocycles. The average Bonchev–Trinajstić information content (AvgIpc) is 2.43. The number of carbonyl (C=O) groups is 1. The third-order valence-corrected chi connectivity index (χ3v) is 3.27. The first-order valence-corrected chi connectivity index (χ1v) is 6.40. The van der Waals surface area contributed by atoms with Crippen LogP contribution in [0, 0.1) is 5.82 Å². The van der Waals surface area contributed by atoms with Gasteiger partial charge in [-0.1, -0.05) is 23.7 Å². The Kier molecular flexibility index (Phi) is 4.25. The van der Waals surface area contributed by atoms with Gasteiger partial charge in [-0.25, -0.2) is 4.39 Å². The highest BCUT2D eigenvalue weighted by Crippen LogP contribution is 2.20. The summed E-state index contributed by atoms with van der Waals surface area (Å²) in [7, 11) is 1.68. The van der Waals surface area contributed by atoms with Gasteiger partial charge in [0.15, 0.2) is 0 Å². The highest BCUT2D eigenvalue weighted by Gasteiger charge is 2.13. The Bertz CT molecular complexity index is 628. The van der Waals surface area contributed by atoms with Gasteiger partial charge in [0.2, 0.25) is 0 Å². The van der Waals surface area contributed by atoms with Gasteiger partial charge in [-0.05, 0) is 35.9 Å². The second-order valence-corrected chi connectivity index (χ2v) is 4.93. The van der Waals surface area contributed by atoms with Crippen molar-refractivity contribution >= 4 is 23.2 Å². The van der Waals surface area contributed by atoms with Crippen LogP contribution >= 0.6 is 11.6 Å². The van der Waals surface area contributed by atoms with E-state index in [0.29, 0.717) is 22.8 Å². The number of rotatable bonds is 3. The van der Waals surface area contributed by atoms with Gasteiger partial charge in [-0.2, -0.15) is 0 Å². The van der Waals surface area contributed by atoms with E-state index in [-0.39, 0.29) is 11.7 Å². The normalized spacial score (nSPS) is 10.3. The van der Waals surface area contributed by atoms with Crippen LogP contribution in [-0.4, -0.2) is 17.9 Å². The lowest BCUT2D eigenvalue weighted by atomic mass is 10.1. The number of benzene rings is 2. The van der Waals surface area contributed by atoms with E-state index in [0.717, 1.165) is 5.56 Å². The molecule has 0 aliphatic rings. The van der Waals surface area contributed by atoms with Crippen molar-refractivity contribution in [2.75, 3.05) is 12.8 Å². The van der Waals surface area contributed by atoms with E-state index in [1.807, 2.05) is 0 Å². The number of hydrogen-bond donors (Lipinski definition) is 1. The molecule has 0 fully saturated rings. The minimum Gasteiger partial charge on any atom is -0.398 e. The summed E-state index contributed by atoms with van der Waals surface area (Å²) in [5.74, 6) is -0.467. The van der Waals surface area contributed by atoms with E-state index in [9.17, 15) is 9.18 Å². The van der Waals surface area contributed by atoms with Gasteiger partial charge >= 0.3 is 0 Å². The van der Waals surface area contributed by atoms with Crippen molar-refractivity contribution in [2.45, 2.75) is 6.54 Å². The van der Waals surface area contributed by atoms with Crippen LogP contribution in [0.1, 0.15) is 15.9 Å². The quantitative estimate of drug-likeness (QED) is 0.882. The summed E-state index contributed by atoms with van der Waals surface area (Å²) in [4.78, 5) is 13.8. The number of anilines is 1. The number of nitrogens with two attached hydrogens (primary N) is 1. The largest absolute Gasteiger partial charge is 0.398 e. The Morgan fingerprint density at radius 1 is 1.25 bits per heavy atom. The maximum absolute atomic E-state index is 12.8. The summed E-state index contributed by atoms with van der Waals surface area (Å²) in [6.07, 6.45) is 0. The first-order valence-electron chi connectivity index (χ1n) is 6.02. The van der Waals surface area contributed by atoms with E-state index in [1.54, 1.807) is 37.4 Å². The fourth-order valence-corrected chi connectivity index (χ4v) is 1.95. The third-order valence-electron chi connectivity index (χ3n) is 2.92. The van der Waals surface area contributed by atoms with Crippen molar-refractivity contribution in [3.05, 3.63) is 64.4 Å². The summed E-state index contributed by atoms with van der Waals surface area (Å²) in [5.41, 5.74) is 7.37. The van der Waals surface area contributed by atoms with Gasteiger partial charge in [-0.15, -0.1) is 0 Å². The third kappa shape index (κ3) is 3.27. The lowest BCUT2D eigenvalue weighted by Gasteiger charge is -2.17. The van der Waals surface area contributed by atoms with Gasteiger partial charge in [0.1, 0.15) is 5.82 Å². The van der Waals surface area contributed by atoms with Crippen LogP contribution in [0.25, 0.3) is 0 Å². The van der Waals surface area contributed by atoms with Gasteiger partial charge < -0.3 is 10.6 Å². The molecule has 104 valence electrons. The van der Waals surface area contributed by atoms with Crippen LogP contribution in [0.4, 0.5) is 10.1 Å². The van der Waals surface area contributed by atoms with Crippen LogP contribution in [-0.2, 0) is 6.54 Å². The van der Waals surface area contributed by atoms with Crippen LogP contribution in [0.5, 0.6) is 0 Å². The van der Waals surface area contributed by atoms with Gasteiger partial charge in [0.25, 0.3) is 5.91 Å². The predicted octanol–water partition coefficient (Wildman–Crippen LogP) is 3.33. The molecule has 0 saturated carbocycles. The molecule has 2 rings (SSSR count). The highest BCUT2D eigenvalue weighted by molar-refractivity contribution is 6.33. The van der Waals surface area contributed by atoms with Crippen LogP contribution < -0.4 is 5.73 Å². The van der Waals surface area contributed by atoms with Crippen molar-refractivity contribution in [2.24, 2.45) is 0 Å². The average molecular weight is 293 g/mol. The molecular formula is C15H14ClFN2O. The molecule has 2 N–H and O–H groups in total. The van der Waals surface area contributed by atoms with E-state index in [2.05, 4.69) is 0 Å². The molecule has 5 heteroatoms. The molecule has 0 spiro atoms. The molecule has 0 radical (unpaired) electrons. The monoisotopic (exact) mass is 292 g/mol. The molecule has 0 atom stereocenters. The Balaban J connectivity index is 2.11. The van der Waals surface area contributed by atoms with E-state index in [1.165, 1.54) is 17.0 Å². The Morgan fingerprint density at radius 2 is 1.90 bits per heavy atom. The van der Waals surface area contributed by atoms with Crippen molar-refractivity contribution in [3.8, 4) is 0 Å². The topological polar surface area (TPSA) is 46.3 Å². The van der Waals surface area contributed by atoms with Crippen LogP contribution in [0.2, 0.25) is 5.02 Å². The smallest absolute Gasteiger partial charge is 0.253 e. The molecule has 1 amide bonds. The minimum absolute atomic E-state index is 0.169. The molecule has 0 heterocycles. The standard InChI is InChI=1S/C15H14ClFN2O/c1-19(9-10-2-5-12(17)6-3-10)15(20)11-4-7-13(16)14(18)8-11/h2-8H,9,18H2,1H3. The number of hydrogen-bond acceptors (Lipinski definition) is 2. The van der Waals surface area contributed by atoms with Crippen molar-refractivity contribution < 1.29 is 9.18 Å². The lowest BCUT2D eigenvalue weighted by molar-refractivity contribution is 0.0785. The molecule has 0 unspecified atom stereocenters. The SMILES string of the molecule is CN(Cc1ccc(F)cc1)C(=O)c1ccc(Cl)c(N)c1. The number of halogens is 2. The van der Waals surface area contributed by atoms with Gasteiger partial charge in [0.05, 0.1) is 10.7 Å². The molecule has 3 nitrogen and oxygen atoms in total. The van der Waals surface area contributed by atoms with Crippen molar-refractivity contribution in [1.82, 2.24) is 4.90 Å². The summed E-state index contributed by atoms with van der Waals surface area (Å²) in [6.45, 7) is 0.391. The predicted molar refractivity (Wildman–Crippen MR) is 78.1 cm³/mol. The van der Waals surface area contributed by atoms with E-state index >= 15 is 0 Å². The van der Waals surface area contributed by atoms with Crippen LogP contribution in [0.15, 0.2) is 42.5 Å². The zero-order chi connectivity index (χ0) is 14.7. The van der Waals surface area contributed by atoms with E-state index < -0.39 is 0 Å². The van der Waals surface area contributed by atoms with Gasteiger partial charge in [-0.3, -0.25) is 4.79 Å². The molecule has 0 bridgehead atoms. The molecule has 0 aliphatic carbocycles.